The fraction of sp³-hybridized carbons (Fsp3) is 0.750. The van der Waals surface area contributed by atoms with Crippen LogP contribution in [-0.2, 0) is 9.53 Å². The van der Waals surface area contributed by atoms with Crippen LogP contribution in [0.2, 0.25) is 0 Å². The van der Waals surface area contributed by atoms with Gasteiger partial charge in [-0.1, -0.05) is 12.2 Å². The maximum atomic E-state index is 11.6. The molecule has 1 heterocycles. The summed E-state index contributed by atoms with van der Waals surface area (Å²) in [5.41, 5.74) is -0.655. The summed E-state index contributed by atoms with van der Waals surface area (Å²) in [6, 6.07) is -0.988. The predicted octanol–water partition coefficient (Wildman–Crippen LogP) is 1.29. The molecule has 0 aromatic rings. The summed E-state index contributed by atoms with van der Waals surface area (Å²) in [4.78, 5) is 23.4. The molecule has 3 N–H and O–H groups in total. The maximum absolute atomic E-state index is 11.6. The fourth-order valence-electron chi connectivity index (χ4n) is 1.83. The number of thiocarbonyl (C=S) groups is 1. The van der Waals surface area contributed by atoms with Crippen LogP contribution in [0.4, 0.5) is 4.79 Å². The third-order valence-corrected chi connectivity index (χ3v) is 3.15. The van der Waals surface area contributed by atoms with Crippen LogP contribution in [0.15, 0.2) is 0 Å². The third kappa shape index (κ3) is 5.42. The zero-order valence-corrected chi connectivity index (χ0v) is 12.2. The van der Waals surface area contributed by atoms with E-state index in [4.69, 9.17) is 22.1 Å². The van der Waals surface area contributed by atoms with Crippen molar-refractivity contribution in [2.24, 2.45) is 5.92 Å². The molecular formula is C12H20N2O4S. The van der Waals surface area contributed by atoms with E-state index in [1.54, 1.807) is 20.8 Å². The normalized spacial score (nSPS) is 20.6. The van der Waals surface area contributed by atoms with Gasteiger partial charge in [-0.25, -0.2) is 9.59 Å². The van der Waals surface area contributed by atoms with Crippen LogP contribution >= 0.6 is 12.2 Å². The summed E-state index contributed by atoms with van der Waals surface area (Å²) in [7, 11) is 0. The quantitative estimate of drug-likeness (QED) is 0.676. The molecule has 0 aliphatic carbocycles. The number of carbonyl (C=O) groups excluding carboxylic acids is 1. The monoisotopic (exact) mass is 288 g/mol. The molecule has 108 valence electrons. The van der Waals surface area contributed by atoms with Crippen molar-refractivity contribution >= 4 is 29.3 Å². The molecule has 1 fully saturated rings. The van der Waals surface area contributed by atoms with E-state index in [9.17, 15) is 9.59 Å². The first-order chi connectivity index (χ1) is 8.69. The standard InChI is InChI=1S/C12H20N2O4S/c1-12(2,3)18-11(17)14-8(10(15)16)6-7-4-5-13-9(7)19/h7-8H,4-6H2,1-3H3,(H,13,19)(H,14,17)(H,15,16). The predicted molar refractivity (Wildman–Crippen MR) is 74.1 cm³/mol. The number of amides is 1. The average Bonchev–Trinajstić information content (AvgIpc) is 2.60. The number of carboxylic acids is 1. The molecule has 2 unspecified atom stereocenters. The van der Waals surface area contributed by atoms with Gasteiger partial charge in [0.2, 0.25) is 0 Å². The van der Waals surface area contributed by atoms with Crippen LogP contribution in [0, 0.1) is 5.92 Å². The van der Waals surface area contributed by atoms with E-state index in [0.29, 0.717) is 4.99 Å². The molecule has 0 spiro atoms. The number of ether oxygens (including phenoxy) is 1. The number of hydrogen-bond donors (Lipinski definition) is 3. The van der Waals surface area contributed by atoms with Gasteiger partial charge in [-0.2, -0.15) is 0 Å². The number of aliphatic carboxylic acids is 1. The van der Waals surface area contributed by atoms with Gasteiger partial charge in [-0.3, -0.25) is 0 Å². The van der Waals surface area contributed by atoms with Gasteiger partial charge in [0.05, 0.1) is 4.99 Å². The van der Waals surface area contributed by atoms with Crippen molar-refractivity contribution in [2.75, 3.05) is 6.54 Å². The van der Waals surface area contributed by atoms with E-state index in [2.05, 4.69) is 10.6 Å². The lowest BCUT2D eigenvalue weighted by Gasteiger charge is -2.23. The number of alkyl carbamates (subject to hydrolysis) is 1. The molecule has 1 aliphatic heterocycles. The van der Waals surface area contributed by atoms with E-state index in [1.807, 2.05) is 0 Å². The van der Waals surface area contributed by atoms with Crippen LogP contribution < -0.4 is 10.6 Å². The summed E-state index contributed by atoms with van der Waals surface area (Å²) in [6.07, 6.45) is 0.343. The molecule has 19 heavy (non-hydrogen) atoms. The van der Waals surface area contributed by atoms with E-state index in [1.165, 1.54) is 0 Å². The Morgan fingerprint density at radius 2 is 2.21 bits per heavy atom. The average molecular weight is 288 g/mol. The molecular weight excluding hydrogens is 268 g/mol. The second-order valence-electron chi connectivity index (χ2n) is 5.55. The highest BCUT2D eigenvalue weighted by Gasteiger charge is 2.30. The first-order valence-corrected chi connectivity index (χ1v) is 6.60. The van der Waals surface area contributed by atoms with Gasteiger partial charge < -0.3 is 20.5 Å². The van der Waals surface area contributed by atoms with Crippen LogP contribution in [0.1, 0.15) is 33.6 Å². The minimum atomic E-state index is -1.08. The lowest BCUT2D eigenvalue weighted by Crippen LogP contribution is -2.44. The lowest BCUT2D eigenvalue weighted by atomic mass is 9.99. The van der Waals surface area contributed by atoms with Gasteiger partial charge in [-0.15, -0.1) is 0 Å². The molecule has 7 heteroatoms. The van der Waals surface area contributed by atoms with E-state index < -0.39 is 23.7 Å². The smallest absolute Gasteiger partial charge is 0.408 e. The SMILES string of the molecule is CC(C)(C)OC(=O)NC(CC1CCNC1=S)C(=O)O. The molecule has 1 amide bonds. The molecule has 0 aromatic heterocycles. The summed E-state index contributed by atoms with van der Waals surface area (Å²) < 4.78 is 5.05. The van der Waals surface area contributed by atoms with Gasteiger partial charge in [-0.05, 0) is 33.6 Å². The molecule has 1 aliphatic rings. The van der Waals surface area contributed by atoms with Crippen LogP contribution in [-0.4, -0.2) is 40.3 Å². The second-order valence-corrected chi connectivity index (χ2v) is 5.99. The Morgan fingerprint density at radius 1 is 1.58 bits per heavy atom. The van der Waals surface area contributed by atoms with Gasteiger partial charge in [0.25, 0.3) is 0 Å². The zero-order chi connectivity index (χ0) is 14.6. The van der Waals surface area contributed by atoms with Gasteiger partial charge in [0.1, 0.15) is 11.6 Å². The topological polar surface area (TPSA) is 87.7 Å². The summed E-state index contributed by atoms with van der Waals surface area (Å²) in [5, 5.41) is 14.5. The highest BCUT2D eigenvalue weighted by molar-refractivity contribution is 7.80. The fourth-order valence-corrected chi connectivity index (χ4v) is 2.14. The highest BCUT2D eigenvalue weighted by Crippen LogP contribution is 2.18. The van der Waals surface area contributed by atoms with Crippen molar-refractivity contribution in [3.63, 3.8) is 0 Å². The number of hydrogen-bond acceptors (Lipinski definition) is 4. The molecule has 1 rings (SSSR count). The second kappa shape index (κ2) is 6.18. The Morgan fingerprint density at radius 3 is 2.63 bits per heavy atom. The van der Waals surface area contributed by atoms with Crippen molar-refractivity contribution in [1.29, 1.82) is 0 Å². The Bertz CT molecular complexity index is 378. The Hall–Kier alpha value is -1.37. The molecule has 1 saturated heterocycles. The van der Waals surface area contributed by atoms with E-state index in [-0.39, 0.29) is 12.3 Å². The largest absolute Gasteiger partial charge is 0.480 e. The molecule has 0 saturated carbocycles. The summed E-state index contributed by atoms with van der Waals surface area (Å²) in [5.74, 6) is -1.09. The van der Waals surface area contributed by atoms with Crippen molar-refractivity contribution in [3.8, 4) is 0 Å². The Labute approximate surface area is 117 Å². The molecule has 0 radical (unpaired) electrons. The van der Waals surface area contributed by atoms with Crippen molar-refractivity contribution in [1.82, 2.24) is 10.6 Å². The maximum Gasteiger partial charge on any atom is 0.408 e. The lowest BCUT2D eigenvalue weighted by molar-refractivity contribution is -0.139. The van der Waals surface area contributed by atoms with Crippen molar-refractivity contribution in [2.45, 2.75) is 45.3 Å². The molecule has 2 atom stereocenters. The molecule has 0 aromatic carbocycles. The van der Waals surface area contributed by atoms with Crippen molar-refractivity contribution < 1.29 is 19.4 Å². The molecule has 6 nitrogen and oxygen atoms in total. The van der Waals surface area contributed by atoms with Crippen LogP contribution in [0.5, 0.6) is 0 Å². The summed E-state index contributed by atoms with van der Waals surface area (Å²) in [6.45, 7) is 5.91. The number of nitrogens with one attached hydrogen (secondary N) is 2. The highest BCUT2D eigenvalue weighted by atomic mass is 32.1. The first-order valence-electron chi connectivity index (χ1n) is 6.19. The minimum absolute atomic E-state index is 0.00830. The van der Waals surface area contributed by atoms with Crippen LogP contribution in [0.3, 0.4) is 0 Å². The van der Waals surface area contributed by atoms with Crippen LogP contribution in [0.25, 0.3) is 0 Å². The van der Waals surface area contributed by atoms with Gasteiger partial charge >= 0.3 is 12.1 Å². The molecule has 0 bridgehead atoms. The third-order valence-electron chi connectivity index (χ3n) is 2.67. The van der Waals surface area contributed by atoms with E-state index in [0.717, 1.165) is 13.0 Å². The van der Waals surface area contributed by atoms with Crippen molar-refractivity contribution in [3.05, 3.63) is 0 Å². The minimum Gasteiger partial charge on any atom is -0.480 e. The Balaban J connectivity index is 2.56. The first kappa shape index (κ1) is 15.7. The number of carbonyl (C=O) groups is 2. The Kier molecular flexibility index (Phi) is 5.11. The zero-order valence-electron chi connectivity index (χ0n) is 11.4. The summed E-state index contributed by atoms with van der Waals surface area (Å²) >= 11 is 5.10. The number of carboxylic acid groups (broad SMARTS) is 1. The van der Waals surface area contributed by atoms with Gasteiger partial charge in [0.15, 0.2) is 0 Å². The number of rotatable bonds is 4. The van der Waals surface area contributed by atoms with Gasteiger partial charge in [0, 0.05) is 12.5 Å². The van der Waals surface area contributed by atoms with E-state index >= 15 is 0 Å².